The fourth-order valence-corrected chi connectivity index (χ4v) is 1.51. The molecule has 1 nitrogen and oxygen atoms in total. The van der Waals surface area contributed by atoms with E-state index in [0.717, 1.165) is 25.2 Å². The Balaban J connectivity index is 2.03. The third-order valence-corrected chi connectivity index (χ3v) is 2.49. The zero-order valence-electron chi connectivity index (χ0n) is 7.09. The van der Waals surface area contributed by atoms with Crippen LogP contribution in [0.25, 0.3) is 0 Å². The van der Waals surface area contributed by atoms with Crippen molar-refractivity contribution in [3.05, 3.63) is 0 Å². The summed E-state index contributed by atoms with van der Waals surface area (Å²) in [6.07, 6.45) is 8.89. The maximum Gasteiger partial charge on any atom is 0.0571 e. The second-order valence-electron chi connectivity index (χ2n) is 3.54. The predicted molar refractivity (Wildman–Crippen MR) is 46.0 cm³/mol. The Morgan fingerprint density at radius 1 is 1.73 bits per heavy atom. The summed E-state index contributed by atoms with van der Waals surface area (Å²) in [5.74, 6) is 3.91. The van der Waals surface area contributed by atoms with Crippen LogP contribution in [-0.4, -0.2) is 11.2 Å². The van der Waals surface area contributed by atoms with E-state index in [0.29, 0.717) is 5.92 Å². The molecule has 1 fully saturated rings. The monoisotopic (exact) mass is 152 g/mol. The highest BCUT2D eigenvalue weighted by molar-refractivity contribution is 4.89. The van der Waals surface area contributed by atoms with Gasteiger partial charge in [0.05, 0.1) is 6.10 Å². The largest absolute Gasteiger partial charge is 0.393 e. The van der Waals surface area contributed by atoms with Crippen LogP contribution in [0.15, 0.2) is 0 Å². The van der Waals surface area contributed by atoms with Gasteiger partial charge in [0, 0.05) is 6.42 Å². The Labute approximate surface area is 68.8 Å². The average molecular weight is 152 g/mol. The van der Waals surface area contributed by atoms with Crippen molar-refractivity contribution < 1.29 is 5.11 Å². The van der Waals surface area contributed by atoms with E-state index in [1.807, 2.05) is 0 Å². The van der Waals surface area contributed by atoms with Crippen LogP contribution >= 0.6 is 0 Å². The van der Waals surface area contributed by atoms with Gasteiger partial charge in [-0.2, -0.15) is 0 Å². The molecule has 0 bridgehead atoms. The lowest BCUT2D eigenvalue weighted by Crippen LogP contribution is -2.09. The zero-order valence-corrected chi connectivity index (χ0v) is 7.09. The summed E-state index contributed by atoms with van der Waals surface area (Å²) in [5, 5.41) is 9.52. The molecule has 0 aliphatic heterocycles. The third-order valence-electron chi connectivity index (χ3n) is 2.49. The van der Waals surface area contributed by atoms with Crippen molar-refractivity contribution in [2.75, 3.05) is 0 Å². The fourth-order valence-electron chi connectivity index (χ4n) is 1.51. The van der Waals surface area contributed by atoms with Gasteiger partial charge in [-0.25, -0.2) is 0 Å². The number of hydrogen-bond acceptors (Lipinski definition) is 1. The molecule has 3 unspecified atom stereocenters. The highest BCUT2D eigenvalue weighted by atomic mass is 16.3. The number of hydrogen-bond donors (Lipinski definition) is 1. The van der Waals surface area contributed by atoms with Crippen molar-refractivity contribution in [1.29, 1.82) is 0 Å². The molecular formula is C10H16O. The highest BCUT2D eigenvalue weighted by Gasteiger charge is 2.37. The van der Waals surface area contributed by atoms with Crippen molar-refractivity contribution in [1.82, 2.24) is 0 Å². The molecule has 62 valence electrons. The molecule has 1 aliphatic carbocycles. The van der Waals surface area contributed by atoms with Crippen molar-refractivity contribution in [3.63, 3.8) is 0 Å². The Hall–Kier alpha value is -0.480. The summed E-state index contributed by atoms with van der Waals surface area (Å²) in [7, 11) is 0. The molecule has 0 saturated heterocycles. The lowest BCUT2D eigenvalue weighted by molar-refractivity contribution is 0.134. The molecule has 0 spiro atoms. The van der Waals surface area contributed by atoms with E-state index in [2.05, 4.69) is 12.8 Å². The van der Waals surface area contributed by atoms with Gasteiger partial charge in [0.25, 0.3) is 0 Å². The quantitative estimate of drug-likeness (QED) is 0.481. The first-order chi connectivity index (χ1) is 5.25. The Bertz CT molecular complexity index is 157. The molecule has 1 N–H and O–H groups in total. The molecule has 0 aromatic heterocycles. The first-order valence-corrected chi connectivity index (χ1v) is 4.37. The second-order valence-corrected chi connectivity index (χ2v) is 3.54. The first kappa shape index (κ1) is 8.62. The SMILES string of the molecule is C#CCCCC(O)C1CC1C. The van der Waals surface area contributed by atoms with Crippen molar-refractivity contribution in [3.8, 4) is 12.3 Å². The van der Waals surface area contributed by atoms with Crippen molar-refractivity contribution >= 4 is 0 Å². The number of unbranched alkanes of at least 4 members (excludes halogenated alkanes) is 1. The van der Waals surface area contributed by atoms with Crippen LogP contribution in [0.5, 0.6) is 0 Å². The number of aliphatic hydroxyl groups excluding tert-OH is 1. The molecular weight excluding hydrogens is 136 g/mol. The van der Waals surface area contributed by atoms with Gasteiger partial charge < -0.3 is 5.11 Å². The Kier molecular flexibility index (Phi) is 2.96. The van der Waals surface area contributed by atoms with Crippen LogP contribution in [0.4, 0.5) is 0 Å². The highest BCUT2D eigenvalue weighted by Crippen LogP contribution is 2.41. The summed E-state index contributed by atoms with van der Waals surface area (Å²) in [4.78, 5) is 0. The molecule has 1 rings (SSSR count). The van der Waals surface area contributed by atoms with E-state index < -0.39 is 0 Å². The summed E-state index contributed by atoms with van der Waals surface area (Å²) in [5.41, 5.74) is 0. The number of rotatable bonds is 4. The smallest absolute Gasteiger partial charge is 0.0571 e. The molecule has 1 heteroatoms. The van der Waals surface area contributed by atoms with Crippen LogP contribution < -0.4 is 0 Å². The molecule has 0 aromatic carbocycles. The normalized spacial score (nSPS) is 31.0. The minimum Gasteiger partial charge on any atom is -0.393 e. The minimum absolute atomic E-state index is 0.0849. The predicted octanol–water partition coefficient (Wildman–Crippen LogP) is 1.81. The van der Waals surface area contributed by atoms with Gasteiger partial charge in [0.15, 0.2) is 0 Å². The van der Waals surface area contributed by atoms with Crippen LogP contribution in [0.2, 0.25) is 0 Å². The number of terminal acetylenes is 1. The van der Waals surface area contributed by atoms with Gasteiger partial charge >= 0.3 is 0 Å². The van der Waals surface area contributed by atoms with E-state index in [9.17, 15) is 5.11 Å². The first-order valence-electron chi connectivity index (χ1n) is 4.37. The van der Waals surface area contributed by atoms with E-state index >= 15 is 0 Å². The average Bonchev–Trinajstić information content (AvgIpc) is 2.67. The van der Waals surface area contributed by atoms with Gasteiger partial charge in [-0.15, -0.1) is 12.3 Å². The van der Waals surface area contributed by atoms with Gasteiger partial charge in [0.1, 0.15) is 0 Å². The van der Waals surface area contributed by atoms with Gasteiger partial charge in [0.2, 0.25) is 0 Å². The topological polar surface area (TPSA) is 20.2 Å². The van der Waals surface area contributed by atoms with Gasteiger partial charge in [-0.05, 0) is 31.1 Å². The standard InChI is InChI=1S/C10H16O/c1-3-4-5-6-10(11)9-7-8(9)2/h1,8-11H,4-7H2,2H3. The Morgan fingerprint density at radius 2 is 2.36 bits per heavy atom. The zero-order chi connectivity index (χ0) is 8.27. The molecule has 3 atom stereocenters. The lowest BCUT2D eigenvalue weighted by Gasteiger charge is -2.07. The van der Waals surface area contributed by atoms with Crippen LogP contribution in [0.3, 0.4) is 0 Å². The second kappa shape index (κ2) is 3.78. The molecule has 1 saturated carbocycles. The van der Waals surface area contributed by atoms with E-state index in [-0.39, 0.29) is 6.10 Å². The maximum absolute atomic E-state index is 9.52. The van der Waals surface area contributed by atoms with Gasteiger partial charge in [-0.1, -0.05) is 6.92 Å². The molecule has 0 radical (unpaired) electrons. The van der Waals surface area contributed by atoms with Crippen LogP contribution in [0.1, 0.15) is 32.6 Å². The summed E-state index contributed by atoms with van der Waals surface area (Å²) < 4.78 is 0. The maximum atomic E-state index is 9.52. The van der Waals surface area contributed by atoms with E-state index in [4.69, 9.17) is 6.42 Å². The van der Waals surface area contributed by atoms with Gasteiger partial charge in [-0.3, -0.25) is 0 Å². The summed E-state index contributed by atoms with van der Waals surface area (Å²) in [6, 6.07) is 0. The van der Waals surface area contributed by atoms with Crippen molar-refractivity contribution in [2.45, 2.75) is 38.7 Å². The molecule has 0 aromatic rings. The lowest BCUT2D eigenvalue weighted by atomic mass is 10.1. The van der Waals surface area contributed by atoms with Crippen molar-refractivity contribution in [2.24, 2.45) is 11.8 Å². The van der Waals surface area contributed by atoms with E-state index in [1.54, 1.807) is 0 Å². The fraction of sp³-hybridized carbons (Fsp3) is 0.800. The molecule has 0 amide bonds. The minimum atomic E-state index is -0.0849. The third kappa shape index (κ3) is 2.55. The van der Waals surface area contributed by atoms with E-state index in [1.165, 1.54) is 6.42 Å². The summed E-state index contributed by atoms with van der Waals surface area (Å²) in [6.45, 7) is 2.19. The molecule has 1 aliphatic rings. The molecule has 0 heterocycles. The molecule has 11 heavy (non-hydrogen) atoms. The number of aliphatic hydroxyl groups is 1. The summed E-state index contributed by atoms with van der Waals surface area (Å²) >= 11 is 0. The van der Waals surface area contributed by atoms with Crippen LogP contribution in [-0.2, 0) is 0 Å². The van der Waals surface area contributed by atoms with Crippen LogP contribution in [0, 0.1) is 24.2 Å². The Morgan fingerprint density at radius 3 is 2.82 bits per heavy atom.